The lowest BCUT2D eigenvalue weighted by Gasteiger charge is -2.20. The largest absolute Gasteiger partial charge is 0.448 e. The summed E-state index contributed by atoms with van der Waals surface area (Å²) in [6.07, 6.45) is 0. The molecule has 0 aliphatic heterocycles. The molecule has 2 aromatic rings. The Bertz CT molecular complexity index is 508. The molecule has 0 fully saturated rings. The van der Waals surface area contributed by atoms with E-state index in [9.17, 15) is 0 Å². The van der Waals surface area contributed by atoms with Gasteiger partial charge >= 0.3 is 0 Å². The monoisotopic (exact) mass is 283 g/mol. The van der Waals surface area contributed by atoms with Crippen molar-refractivity contribution in [1.29, 1.82) is 0 Å². The van der Waals surface area contributed by atoms with Crippen LogP contribution in [0.5, 0.6) is 0 Å². The summed E-state index contributed by atoms with van der Waals surface area (Å²) in [5.41, 5.74) is 6.53. The lowest BCUT2D eigenvalue weighted by molar-refractivity contribution is 0.362. The summed E-state index contributed by atoms with van der Waals surface area (Å²) in [7, 11) is 0. The zero-order chi connectivity index (χ0) is 11.9. The molecule has 86 valence electrons. The molecule has 0 aliphatic carbocycles. The van der Waals surface area contributed by atoms with Gasteiger partial charge in [0.25, 0.3) is 0 Å². The first-order valence-electron chi connectivity index (χ1n) is 4.99. The summed E-state index contributed by atoms with van der Waals surface area (Å²) in [5.74, 6) is 1.34. The Kier molecular flexibility index (Phi) is 2.58. The van der Waals surface area contributed by atoms with Crippen molar-refractivity contribution in [2.75, 3.05) is 5.73 Å². The molecule has 0 atom stereocenters. The molecule has 0 spiro atoms. The summed E-state index contributed by atoms with van der Waals surface area (Å²) in [6.45, 7) is 6.16. The Morgan fingerprint density at radius 2 is 2.06 bits per heavy atom. The third kappa shape index (κ3) is 2.00. The number of anilines is 1. The van der Waals surface area contributed by atoms with Crippen molar-refractivity contribution in [3.63, 3.8) is 0 Å². The van der Waals surface area contributed by atoms with Crippen LogP contribution >= 0.6 is 15.9 Å². The number of halogens is 1. The second kappa shape index (κ2) is 3.66. The number of hydrogen-bond acceptors (Lipinski definition) is 3. The Morgan fingerprint density at radius 3 is 2.50 bits per heavy atom. The highest BCUT2D eigenvalue weighted by molar-refractivity contribution is 9.10. The van der Waals surface area contributed by atoms with E-state index >= 15 is 0 Å². The summed E-state index contributed by atoms with van der Waals surface area (Å²) < 4.78 is 7.91. The first-order chi connectivity index (χ1) is 7.38. The molecule has 0 amide bonds. The lowest BCUT2D eigenvalue weighted by Crippen LogP contribution is -2.24. The minimum absolute atomic E-state index is 0.133. The fourth-order valence-electron chi connectivity index (χ4n) is 1.51. The van der Waals surface area contributed by atoms with Gasteiger partial charge in [-0.05, 0) is 48.8 Å². The van der Waals surface area contributed by atoms with E-state index in [0.29, 0.717) is 16.2 Å². The first-order valence-corrected chi connectivity index (χ1v) is 5.79. The Hall–Kier alpha value is -1.23. The molecule has 2 aromatic heterocycles. The number of nitrogens with zero attached hydrogens (tertiary/aromatic N) is 2. The van der Waals surface area contributed by atoms with Crippen molar-refractivity contribution in [2.45, 2.75) is 26.3 Å². The van der Waals surface area contributed by atoms with Gasteiger partial charge in [-0.1, -0.05) is 0 Å². The third-order valence-electron chi connectivity index (χ3n) is 2.20. The second-order valence-electron chi connectivity index (χ2n) is 4.64. The average Bonchev–Trinajstić information content (AvgIpc) is 2.70. The van der Waals surface area contributed by atoms with Crippen LogP contribution in [0.25, 0.3) is 11.5 Å². The summed E-state index contributed by atoms with van der Waals surface area (Å²) in [5, 5.41) is 4.44. The summed E-state index contributed by atoms with van der Waals surface area (Å²) in [6, 6.07) is 5.51. The van der Waals surface area contributed by atoms with Gasteiger partial charge in [0.05, 0.1) is 5.54 Å². The number of aromatic nitrogens is 2. The van der Waals surface area contributed by atoms with Crippen LogP contribution in [0.3, 0.4) is 0 Å². The molecule has 0 unspecified atom stereocenters. The number of nitrogen functional groups attached to an aromatic ring is 1. The van der Waals surface area contributed by atoms with Crippen molar-refractivity contribution >= 4 is 21.7 Å². The van der Waals surface area contributed by atoms with Crippen LogP contribution in [0.4, 0.5) is 5.82 Å². The predicted octanol–water partition coefficient (Wildman–Crippen LogP) is 3.24. The van der Waals surface area contributed by atoms with Crippen LogP contribution in [0, 0.1) is 0 Å². The topological polar surface area (TPSA) is 57.0 Å². The zero-order valence-electron chi connectivity index (χ0n) is 9.49. The van der Waals surface area contributed by atoms with Gasteiger partial charge in [-0.2, -0.15) is 5.10 Å². The van der Waals surface area contributed by atoms with E-state index in [2.05, 4.69) is 41.8 Å². The molecule has 0 aliphatic rings. The standard InChI is InChI=1S/C11H14BrN3O/c1-11(2,3)15-10(13)6-7(14-15)8-4-5-9(12)16-8/h4-6H,13H2,1-3H3. The molecule has 5 heteroatoms. The summed E-state index contributed by atoms with van der Waals surface area (Å²) in [4.78, 5) is 0. The molecule has 2 rings (SSSR count). The number of rotatable bonds is 1. The quantitative estimate of drug-likeness (QED) is 0.874. The number of hydrogen-bond donors (Lipinski definition) is 1. The SMILES string of the molecule is CC(C)(C)n1nc(-c2ccc(Br)o2)cc1N. The smallest absolute Gasteiger partial charge is 0.169 e. The van der Waals surface area contributed by atoms with Crippen LogP contribution in [0.15, 0.2) is 27.3 Å². The van der Waals surface area contributed by atoms with Crippen molar-refractivity contribution in [2.24, 2.45) is 0 Å². The number of furan rings is 1. The highest BCUT2D eigenvalue weighted by atomic mass is 79.9. The molecular weight excluding hydrogens is 270 g/mol. The molecule has 0 saturated carbocycles. The third-order valence-corrected chi connectivity index (χ3v) is 2.62. The van der Waals surface area contributed by atoms with E-state index in [4.69, 9.17) is 10.2 Å². The molecule has 2 N–H and O–H groups in total. The van der Waals surface area contributed by atoms with Gasteiger partial charge in [0.15, 0.2) is 10.4 Å². The van der Waals surface area contributed by atoms with E-state index < -0.39 is 0 Å². The Morgan fingerprint density at radius 1 is 1.38 bits per heavy atom. The summed E-state index contributed by atoms with van der Waals surface area (Å²) >= 11 is 3.26. The average molecular weight is 284 g/mol. The van der Waals surface area contributed by atoms with E-state index in [1.165, 1.54) is 0 Å². The van der Waals surface area contributed by atoms with Gasteiger partial charge in [0, 0.05) is 6.07 Å². The highest BCUT2D eigenvalue weighted by Crippen LogP contribution is 2.27. The van der Waals surface area contributed by atoms with Crippen molar-refractivity contribution < 1.29 is 4.42 Å². The fourth-order valence-corrected chi connectivity index (χ4v) is 1.81. The molecule has 2 heterocycles. The van der Waals surface area contributed by atoms with E-state index in [-0.39, 0.29) is 5.54 Å². The minimum Gasteiger partial charge on any atom is -0.448 e. The molecule has 0 radical (unpaired) electrons. The van der Waals surface area contributed by atoms with Gasteiger partial charge in [-0.3, -0.25) is 0 Å². The molecule has 4 nitrogen and oxygen atoms in total. The van der Waals surface area contributed by atoms with Crippen LogP contribution in [-0.2, 0) is 5.54 Å². The highest BCUT2D eigenvalue weighted by Gasteiger charge is 2.19. The normalized spacial score (nSPS) is 12.0. The molecule has 0 aromatic carbocycles. The maximum Gasteiger partial charge on any atom is 0.169 e. The fraction of sp³-hybridized carbons (Fsp3) is 0.364. The van der Waals surface area contributed by atoms with Gasteiger partial charge in [0.1, 0.15) is 11.5 Å². The van der Waals surface area contributed by atoms with Crippen LogP contribution < -0.4 is 5.73 Å². The molecule has 16 heavy (non-hydrogen) atoms. The molecular formula is C11H14BrN3O. The van der Waals surface area contributed by atoms with Gasteiger partial charge < -0.3 is 10.2 Å². The van der Waals surface area contributed by atoms with E-state index in [1.54, 1.807) is 4.68 Å². The van der Waals surface area contributed by atoms with E-state index in [0.717, 1.165) is 5.69 Å². The van der Waals surface area contributed by atoms with Gasteiger partial charge in [-0.15, -0.1) is 0 Å². The van der Waals surface area contributed by atoms with Crippen molar-refractivity contribution in [1.82, 2.24) is 9.78 Å². The Balaban J connectivity index is 2.46. The van der Waals surface area contributed by atoms with Crippen LogP contribution in [-0.4, -0.2) is 9.78 Å². The van der Waals surface area contributed by atoms with E-state index in [1.807, 2.05) is 18.2 Å². The molecule has 0 saturated heterocycles. The number of nitrogens with two attached hydrogens (primary N) is 1. The Labute approximate surface area is 103 Å². The maximum absolute atomic E-state index is 5.92. The predicted molar refractivity (Wildman–Crippen MR) is 67.0 cm³/mol. The maximum atomic E-state index is 5.92. The van der Waals surface area contributed by atoms with Gasteiger partial charge in [0.2, 0.25) is 0 Å². The minimum atomic E-state index is -0.133. The zero-order valence-corrected chi connectivity index (χ0v) is 11.1. The van der Waals surface area contributed by atoms with Crippen molar-refractivity contribution in [3.8, 4) is 11.5 Å². The molecule has 0 bridgehead atoms. The van der Waals surface area contributed by atoms with Gasteiger partial charge in [-0.25, -0.2) is 4.68 Å². The lowest BCUT2D eigenvalue weighted by atomic mass is 10.1. The second-order valence-corrected chi connectivity index (χ2v) is 5.42. The van der Waals surface area contributed by atoms with Crippen molar-refractivity contribution in [3.05, 3.63) is 22.9 Å². The first kappa shape index (κ1) is 11.3. The van der Waals surface area contributed by atoms with Crippen LogP contribution in [0.2, 0.25) is 0 Å². The van der Waals surface area contributed by atoms with Crippen LogP contribution in [0.1, 0.15) is 20.8 Å².